The second kappa shape index (κ2) is 12.6. The first kappa shape index (κ1) is 25.8. The maximum absolute atomic E-state index is 13.1. The normalized spacial score (nSPS) is 13.8. The van der Waals surface area contributed by atoms with E-state index in [1.807, 2.05) is 60.8 Å². The van der Waals surface area contributed by atoms with Crippen LogP contribution in [0.5, 0.6) is 5.75 Å². The molecule has 0 spiro atoms. The monoisotopic (exact) mass is 504 g/mol. The molecule has 1 aliphatic rings. The van der Waals surface area contributed by atoms with Gasteiger partial charge in [-0.1, -0.05) is 104 Å². The highest BCUT2D eigenvalue weighted by Gasteiger charge is 2.19. The summed E-state index contributed by atoms with van der Waals surface area (Å²) in [5.41, 5.74) is 7.12. The van der Waals surface area contributed by atoms with Gasteiger partial charge in [0.1, 0.15) is 18.1 Å². The zero-order valence-electron chi connectivity index (χ0n) is 22.2. The van der Waals surface area contributed by atoms with E-state index in [9.17, 15) is 4.79 Å². The number of hydrogen-bond acceptors (Lipinski definition) is 4. The lowest BCUT2D eigenvalue weighted by molar-refractivity contribution is -0.117. The smallest absolute Gasteiger partial charge is 0.143 e. The zero-order valence-corrected chi connectivity index (χ0v) is 22.2. The highest BCUT2D eigenvalue weighted by molar-refractivity contribution is 5.83. The van der Waals surface area contributed by atoms with Gasteiger partial charge in [-0.15, -0.1) is 0 Å². The fourth-order valence-corrected chi connectivity index (χ4v) is 5.21. The molecule has 4 aromatic rings. The molecular formula is C34H36N2O2. The van der Waals surface area contributed by atoms with E-state index in [2.05, 4.69) is 31.2 Å². The van der Waals surface area contributed by atoms with Crippen LogP contribution < -0.4 is 4.74 Å². The second-order valence-electron chi connectivity index (χ2n) is 10.5. The summed E-state index contributed by atoms with van der Waals surface area (Å²) in [4.78, 5) is 23.0. The number of ketones is 1. The molecule has 0 atom stereocenters. The Bertz CT molecular complexity index is 1330. The predicted octanol–water partition coefficient (Wildman–Crippen LogP) is 7.51. The van der Waals surface area contributed by atoms with Crippen LogP contribution in [0.4, 0.5) is 0 Å². The quantitative estimate of drug-likeness (QED) is 0.224. The van der Waals surface area contributed by atoms with Gasteiger partial charge < -0.3 is 4.74 Å². The minimum absolute atomic E-state index is 0.158. The molecule has 1 saturated carbocycles. The van der Waals surface area contributed by atoms with Crippen molar-refractivity contribution in [1.29, 1.82) is 0 Å². The van der Waals surface area contributed by atoms with Gasteiger partial charge in [-0.2, -0.15) is 0 Å². The molecule has 0 unspecified atom stereocenters. The van der Waals surface area contributed by atoms with Gasteiger partial charge in [0.15, 0.2) is 0 Å². The van der Waals surface area contributed by atoms with Gasteiger partial charge in [0, 0.05) is 12.0 Å². The molecule has 1 aliphatic carbocycles. The Balaban J connectivity index is 1.25. The summed E-state index contributed by atoms with van der Waals surface area (Å²) in [6.45, 7) is 2.62. The molecule has 0 aliphatic heterocycles. The zero-order chi connectivity index (χ0) is 26.2. The molecular weight excluding hydrogens is 468 g/mol. The summed E-state index contributed by atoms with van der Waals surface area (Å²) in [7, 11) is 0. The van der Waals surface area contributed by atoms with E-state index in [1.54, 1.807) is 0 Å². The summed E-state index contributed by atoms with van der Waals surface area (Å²) < 4.78 is 5.89. The van der Waals surface area contributed by atoms with Gasteiger partial charge in [0.05, 0.1) is 29.7 Å². The average molecular weight is 505 g/mol. The predicted molar refractivity (Wildman–Crippen MR) is 152 cm³/mol. The topological polar surface area (TPSA) is 52.1 Å². The molecule has 0 amide bonds. The highest BCUT2D eigenvalue weighted by atomic mass is 16.5. The third kappa shape index (κ3) is 7.16. The molecule has 4 heteroatoms. The standard InChI is InChI=1S/C34H36N2O2/c1-25-12-16-29(17-13-25)34-23-35-32(33(36-34)21-26-8-4-2-5-9-26)22-30(37)20-27-14-18-31(19-15-27)38-24-28-10-6-3-7-11-28/h3,6-7,10-19,23,26H,2,4-5,8-9,20-22,24H2,1H3. The Morgan fingerprint density at radius 3 is 2.29 bits per heavy atom. The van der Waals surface area contributed by atoms with Crippen molar-refractivity contribution in [2.45, 2.75) is 64.9 Å². The van der Waals surface area contributed by atoms with E-state index in [4.69, 9.17) is 14.7 Å². The number of Topliss-reactive ketones (excluding diaryl/α,β-unsaturated/α-hetero) is 1. The first-order valence-electron chi connectivity index (χ1n) is 13.8. The Kier molecular flexibility index (Phi) is 8.60. The van der Waals surface area contributed by atoms with Crippen LogP contribution >= 0.6 is 0 Å². The molecule has 0 bridgehead atoms. The fraction of sp³-hybridized carbons (Fsp3) is 0.324. The number of hydrogen-bond donors (Lipinski definition) is 0. The molecule has 1 heterocycles. The van der Waals surface area contributed by atoms with E-state index in [0.29, 0.717) is 25.4 Å². The van der Waals surface area contributed by atoms with Crippen LogP contribution in [0.3, 0.4) is 0 Å². The molecule has 5 rings (SSSR count). The number of aromatic nitrogens is 2. The molecule has 1 fully saturated rings. The molecule has 194 valence electrons. The number of carbonyl (C=O) groups excluding carboxylic acids is 1. The molecule has 3 aromatic carbocycles. The number of ether oxygens (including phenoxy) is 1. The Labute approximate surface area is 226 Å². The minimum atomic E-state index is 0.158. The molecule has 0 saturated heterocycles. The molecule has 38 heavy (non-hydrogen) atoms. The summed E-state index contributed by atoms with van der Waals surface area (Å²) in [5, 5.41) is 0. The molecule has 0 radical (unpaired) electrons. The number of benzene rings is 3. The van der Waals surface area contributed by atoms with Crippen molar-refractivity contribution in [2.75, 3.05) is 0 Å². The van der Waals surface area contributed by atoms with Crippen molar-refractivity contribution >= 4 is 5.78 Å². The third-order valence-corrected chi connectivity index (χ3v) is 7.42. The van der Waals surface area contributed by atoms with Crippen molar-refractivity contribution in [1.82, 2.24) is 9.97 Å². The largest absolute Gasteiger partial charge is 0.489 e. The van der Waals surface area contributed by atoms with Crippen molar-refractivity contribution in [3.8, 4) is 17.0 Å². The van der Waals surface area contributed by atoms with Crippen LogP contribution in [0.1, 0.15) is 60.2 Å². The lowest BCUT2D eigenvalue weighted by Gasteiger charge is -2.22. The minimum Gasteiger partial charge on any atom is -0.489 e. The highest BCUT2D eigenvalue weighted by Crippen LogP contribution is 2.28. The van der Waals surface area contributed by atoms with Crippen LogP contribution in [0.2, 0.25) is 0 Å². The Morgan fingerprint density at radius 2 is 1.55 bits per heavy atom. The lowest BCUT2D eigenvalue weighted by Crippen LogP contribution is -2.16. The van der Waals surface area contributed by atoms with Gasteiger partial charge in [0.2, 0.25) is 0 Å². The molecule has 1 aromatic heterocycles. The first-order chi connectivity index (χ1) is 18.6. The number of carbonyl (C=O) groups is 1. The number of rotatable bonds is 10. The van der Waals surface area contributed by atoms with E-state index < -0.39 is 0 Å². The van der Waals surface area contributed by atoms with Gasteiger partial charge in [-0.3, -0.25) is 9.78 Å². The van der Waals surface area contributed by atoms with E-state index in [-0.39, 0.29) is 5.78 Å². The SMILES string of the molecule is Cc1ccc(-c2cnc(CC(=O)Cc3ccc(OCc4ccccc4)cc3)c(CC3CCCCC3)n2)cc1. The van der Waals surface area contributed by atoms with Crippen molar-refractivity contribution < 1.29 is 9.53 Å². The number of nitrogens with zero attached hydrogens (tertiary/aromatic N) is 2. The van der Waals surface area contributed by atoms with Gasteiger partial charge >= 0.3 is 0 Å². The average Bonchev–Trinajstić information content (AvgIpc) is 2.95. The van der Waals surface area contributed by atoms with Crippen LogP contribution in [-0.4, -0.2) is 15.8 Å². The van der Waals surface area contributed by atoms with E-state index in [0.717, 1.165) is 45.9 Å². The van der Waals surface area contributed by atoms with Crippen molar-refractivity contribution in [3.63, 3.8) is 0 Å². The summed E-state index contributed by atoms with van der Waals surface area (Å²) in [6, 6.07) is 26.4. The van der Waals surface area contributed by atoms with E-state index in [1.165, 1.54) is 37.7 Å². The van der Waals surface area contributed by atoms with Gasteiger partial charge in [-0.05, 0) is 42.5 Å². The fourth-order valence-electron chi connectivity index (χ4n) is 5.21. The summed E-state index contributed by atoms with van der Waals surface area (Å²) in [5.74, 6) is 1.59. The van der Waals surface area contributed by atoms with Crippen LogP contribution in [-0.2, 0) is 30.7 Å². The van der Waals surface area contributed by atoms with Gasteiger partial charge in [-0.25, -0.2) is 4.98 Å². The first-order valence-corrected chi connectivity index (χ1v) is 13.8. The van der Waals surface area contributed by atoms with E-state index >= 15 is 0 Å². The molecule has 0 N–H and O–H groups in total. The van der Waals surface area contributed by atoms with Gasteiger partial charge in [0.25, 0.3) is 0 Å². The number of aryl methyl sites for hydroxylation is 1. The lowest BCUT2D eigenvalue weighted by atomic mass is 9.85. The van der Waals surface area contributed by atoms with Crippen molar-refractivity contribution in [2.24, 2.45) is 5.92 Å². The summed E-state index contributed by atoms with van der Waals surface area (Å²) >= 11 is 0. The van der Waals surface area contributed by atoms with Crippen LogP contribution in [0.15, 0.2) is 85.1 Å². The van der Waals surface area contributed by atoms with Crippen molar-refractivity contribution in [3.05, 3.63) is 113 Å². The maximum Gasteiger partial charge on any atom is 0.143 e. The maximum atomic E-state index is 13.1. The molecule has 4 nitrogen and oxygen atoms in total. The third-order valence-electron chi connectivity index (χ3n) is 7.42. The summed E-state index contributed by atoms with van der Waals surface area (Å²) in [6.07, 6.45) is 9.81. The Morgan fingerprint density at radius 1 is 0.816 bits per heavy atom. The Hall–Kier alpha value is -3.79. The van der Waals surface area contributed by atoms with Crippen LogP contribution in [0, 0.1) is 12.8 Å². The van der Waals surface area contributed by atoms with Crippen LogP contribution in [0.25, 0.3) is 11.3 Å². The second-order valence-corrected chi connectivity index (χ2v) is 10.5.